The molecule has 0 bridgehead atoms. The molecule has 0 aliphatic rings. The first kappa shape index (κ1) is 18.2. The Balaban J connectivity index is 1.41. The highest BCUT2D eigenvalue weighted by molar-refractivity contribution is 7.98. The Bertz CT molecular complexity index is 831. The number of furan rings is 1. The van der Waals surface area contributed by atoms with Gasteiger partial charge in [-0.15, -0.1) is 0 Å². The fourth-order valence-corrected chi connectivity index (χ4v) is 3.17. The Labute approximate surface area is 156 Å². The number of hydrogen-bond acceptors (Lipinski definition) is 6. The van der Waals surface area contributed by atoms with E-state index in [0.29, 0.717) is 23.2 Å². The minimum absolute atomic E-state index is 0.196. The summed E-state index contributed by atoms with van der Waals surface area (Å²) in [6.07, 6.45) is 8.91. The quantitative estimate of drug-likeness (QED) is 0.354. The lowest BCUT2D eigenvalue weighted by Gasteiger charge is -2.07. The molecule has 0 aliphatic carbocycles. The van der Waals surface area contributed by atoms with Crippen molar-refractivity contribution in [2.75, 3.05) is 6.54 Å². The van der Waals surface area contributed by atoms with Gasteiger partial charge < -0.3 is 14.3 Å². The van der Waals surface area contributed by atoms with Gasteiger partial charge in [0.05, 0.1) is 5.75 Å². The van der Waals surface area contributed by atoms with Gasteiger partial charge in [-0.05, 0) is 24.6 Å². The maximum Gasteiger partial charge on any atom is 0.286 e. The summed E-state index contributed by atoms with van der Waals surface area (Å²) in [6.45, 7) is 3.50. The van der Waals surface area contributed by atoms with E-state index in [-0.39, 0.29) is 5.91 Å². The molecule has 3 rings (SSSR count). The molecule has 0 atom stereocenters. The molecule has 8 heteroatoms. The Morgan fingerprint density at radius 3 is 2.88 bits per heavy atom. The Kier molecular flexibility index (Phi) is 6.43. The van der Waals surface area contributed by atoms with Gasteiger partial charge in [-0.3, -0.25) is 4.79 Å². The van der Waals surface area contributed by atoms with Crippen LogP contribution in [0.25, 0.3) is 0 Å². The molecule has 0 saturated heterocycles. The van der Waals surface area contributed by atoms with Gasteiger partial charge in [0.2, 0.25) is 0 Å². The minimum Gasteiger partial charge on any atom is -0.455 e. The minimum atomic E-state index is -0.196. The van der Waals surface area contributed by atoms with Crippen molar-refractivity contribution in [3.8, 4) is 0 Å². The highest BCUT2D eigenvalue weighted by Crippen LogP contribution is 2.20. The van der Waals surface area contributed by atoms with Crippen LogP contribution in [0.1, 0.15) is 35.5 Å². The molecule has 0 fully saturated rings. The maximum absolute atomic E-state index is 12.2. The van der Waals surface area contributed by atoms with E-state index in [2.05, 4.69) is 31.8 Å². The van der Waals surface area contributed by atoms with Crippen LogP contribution in [-0.2, 0) is 18.7 Å². The number of rotatable bonds is 9. The fourth-order valence-electron chi connectivity index (χ4n) is 2.47. The van der Waals surface area contributed by atoms with Gasteiger partial charge in [-0.2, -0.15) is 0 Å². The van der Waals surface area contributed by atoms with Crippen LogP contribution in [0.3, 0.4) is 0 Å². The summed E-state index contributed by atoms with van der Waals surface area (Å²) in [5.41, 5.74) is 0. The van der Waals surface area contributed by atoms with Crippen LogP contribution >= 0.6 is 11.8 Å². The normalized spacial score (nSPS) is 10.8. The third kappa shape index (κ3) is 4.95. The van der Waals surface area contributed by atoms with Crippen molar-refractivity contribution < 1.29 is 9.21 Å². The second-order valence-corrected chi connectivity index (χ2v) is 6.53. The molecule has 26 heavy (non-hydrogen) atoms. The van der Waals surface area contributed by atoms with E-state index in [0.717, 1.165) is 31.0 Å². The number of aryl methyl sites for hydroxylation is 2. The molecule has 7 nitrogen and oxygen atoms in total. The van der Waals surface area contributed by atoms with Crippen molar-refractivity contribution in [3.05, 3.63) is 60.3 Å². The van der Waals surface area contributed by atoms with E-state index >= 15 is 0 Å². The van der Waals surface area contributed by atoms with Crippen molar-refractivity contribution in [1.82, 2.24) is 24.8 Å². The summed E-state index contributed by atoms with van der Waals surface area (Å²) in [5.74, 6) is 2.49. The van der Waals surface area contributed by atoms with Gasteiger partial charge in [0.25, 0.3) is 5.91 Å². The van der Waals surface area contributed by atoms with Crippen molar-refractivity contribution in [1.29, 1.82) is 0 Å². The lowest BCUT2D eigenvalue weighted by molar-refractivity contribution is 0.0923. The average Bonchev–Trinajstić information content (AvgIpc) is 3.33. The molecule has 0 spiro atoms. The third-order valence-electron chi connectivity index (χ3n) is 3.75. The van der Waals surface area contributed by atoms with E-state index in [1.54, 1.807) is 30.7 Å². The van der Waals surface area contributed by atoms with Crippen molar-refractivity contribution in [2.24, 2.45) is 0 Å². The van der Waals surface area contributed by atoms with E-state index in [1.165, 1.54) is 11.8 Å². The van der Waals surface area contributed by atoms with Gasteiger partial charge in [0, 0.05) is 44.3 Å². The molecule has 1 N–H and O–H groups in total. The second kappa shape index (κ2) is 9.19. The topological polar surface area (TPSA) is 85.8 Å². The van der Waals surface area contributed by atoms with Crippen LogP contribution in [0.5, 0.6) is 0 Å². The van der Waals surface area contributed by atoms with E-state index < -0.39 is 0 Å². The van der Waals surface area contributed by atoms with Gasteiger partial charge >= 0.3 is 0 Å². The lowest BCUT2D eigenvalue weighted by Crippen LogP contribution is -2.25. The predicted octanol–water partition coefficient (Wildman–Crippen LogP) is 2.94. The largest absolute Gasteiger partial charge is 0.455 e. The number of carbonyl (C=O) groups excluding carboxylic acids is 1. The van der Waals surface area contributed by atoms with Crippen LogP contribution in [0.4, 0.5) is 0 Å². The van der Waals surface area contributed by atoms with Gasteiger partial charge in [-0.25, -0.2) is 15.0 Å². The molecule has 3 heterocycles. The summed E-state index contributed by atoms with van der Waals surface area (Å²) in [4.78, 5) is 24.7. The predicted molar refractivity (Wildman–Crippen MR) is 98.9 cm³/mol. The standard InChI is InChI=1S/C18H21N5O2S/c1-2-16-19-10-12-23(16)11-4-9-20-17(24)15-6-5-14(25-15)13-26-18-21-7-3-8-22-18/h3,5-8,10,12H,2,4,9,11,13H2,1H3,(H,20,24). The molecule has 0 aromatic carbocycles. The summed E-state index contributed by atoms with van der Waals surface area (Å²) < 4.78 is 7.71. The second-order valence-electron chi connectivity index (χ2n) is 5.59. The maximum atomic E-state index is 12.2. The van der Waals surface area contributed by atoms with Gasteiger partial charge in [0.1, 0.15) is 11.6 Å². The average molecular weight is 371 g/mol. The molecule has 1 amide bonds. The smallest absolute Gasteiger partial charge is 0.286 e. The van der Waals surface area contributed by atoms with E-state index in [1.807, 2.05) is 12.3 Å². The number of amides is 1. The van der Waals surface area contributed by atoms with Crippen LogP contribution in [0, 0.1) is 0 Å². The van der Waals surface area contributed by atoms with E-state index in [4.69, 9.17) is 4.42 Å². The van der Waals surface area contributed by atoms with Crippen LogP contribution in [0.15, 0.2) is 52.6 Å². The van der Waals surface area contributed by atoms with E-state index in [9.17, 15) is 4.79 Å². The zero-order valence-corrected chi connectivity index (χ0v) is 15.4. The zero-order chi connectivity index (χ0) is 18.2. The van der Waals surface area contributed by atoms with Crippen LogP contribution in [-0.4, -0.2) is 32.0 Å². The van der Waals surface area contributed by atoms with Crippen molar-refractivity contribution >= 4 is 17.7 Å². The van der Waals surface area contributed by atoms with Crippen molar-refractivity contribution in [3.63, 3.8) is 0 Å². The number of hydrogen-bond donors (Lipinski definition) is 1. The fraction of sp³-hybridized carbons (Fsp3) is 0.333. The first-order chi connectivity index (χ1) is 12.8. The Hall–Kier alpha value is -2.61. The summed E-state index contributed by atoms with van der Waals surface area (Å²) in [6, 6.07) is 5.28. The molecular formula is C18H21N5O2S. The molecule has 3 aromatic heterocycles. The molecule has 0 radical (unpaired) electrons. The monoisotopic (exact) mass is 371 g/mol. The summed E-state index contributed by atoms with van der Waals surface area (Å²) in [7, 11) is 0. The summed E-state index contributed by atoms with van der Waals surface area (Å²) in [5, 5.41) is 3.57. The van der Waals surface area contributed by atoms with Gasteiger partial charge in [-0.1, -0.05) is 18.7 Å². The van der Waals surface area contributed by atoms with Crippen molar-refractivity contribution in [2.45, 2.75) is 37.2 Å². The number of imidazole rings is 1. The van der Waals surface area contributed by atoms with Crippen LogP contribution in [0.2, 0.25) is 0 Å². The lowest BCUT2D eigenvalue weighted by atomic mass is 10.3. The first-order valence-electron chi connectivity index (χ1n) is 8.53. The van der Waals surface area contributed by atoms with Crippen LogP contribution < -0.4 is 5.32 Å². The molecule has 0 aliphatic heterocycles. The molecule has 3 aromatic rings. The number of nitrogens with one attached hydrogen (secondary N) is 1. The number of thioether (sulfide) groups is 1. The molecule has 0 saturated carbocycles. The number of aromatic nitrogens is 4. The SMILES string of the molecule is CCc1nccn1CCCNC(=O)c1ccc(CSc2ncccn2)o1. The highest BCUT2D eigenvalue weighted by Gasteiger charge is 2.11. The molecule has 136 valence electrons. The van der Waals surface area contributed by atoms with Gasteiger partial charge in [0.15, 0.2) is 10.9 Å². The Morgan fingerprint density at radius 2 is 2.08 bits per heavy atom. The molecule has 0 unspecified atom stereocenters. The third-order valence-corrected chi connectivity index (χ3v) is 4.65. The number of nitrogens with zero attached hydrogens (tertiary/aromatic N) is 4. The Morgan fingerprint density at radius 1 is 1.23 bits per heavy atom. The summed E-state index contributed by atoms with van der Waals surface area (Å²) >= 11 is 1.47. The molecular weight excluding hydrogens is 350 g/mol. The first-order valence-corrected chi connectivity index (χ1v) is 9.51. The highest BCUT2D eigenvalue weighted by atomic mass is 32.2. The zero-order valence-electron chi connectivity index (χ0n) is 14.6. The number of carbonyl (C=O) groups is 1.